The summed E-state index contributed by atoms with van der Waals surface area (Å²) in [5.74, 6) is -0.0836. The van der Waals surface area contributed by atoms with Crippen LogP contribution in [-0.2, 0) is 0 Å². The van der Waals surface area contributed by atoms with Crippen molar-refractivity contribution in [3.8, 4) is 0 Å². The van der Waals surface area contributed by atoms with Gasteiger partial charge >= 0.3 is 0 Å². The summed E-state index contributed by atoms with van der Waals surface area (Å²) in [6.07, 6.45) is 1.72. The van der Waals surface area contributed by atoms with Gasteiger partial charge in [0.2, 0.25) is 0 Å². The second-order valence-electron chi connectivity index (χ2n) is 4.76. The van der Waals surface area contributed by atoms with Crippen LogP contribution >= 0.6 is 11.3 Å². The van der Waals surface area contributed by atoms with E-state index in [1.54, 1.807) is 23.6 Å². The maximum atomic E-state index is 12.4. The quantitative estimate of drug-likeness (QED) is 0.646. The first-order chi connectivity index (χ1) is 9.65. The first-order valence-corrected chi connectivity index (χ1v) is 7.29. The molecule has 0 aliphatic carbocycles. The summed E-state index contributed by atoms with van der Waals surface area (Å²) in [7, 11) is 0. The van der Waals surface area contributed by atoms with Gasteiger partial charge in [-0.25, -0.2) is 0 Å². The molecule has 1 amide bonds. The average molecular weight is 285 g/mol. The smallest absolute Gasteiger partial charge is 0.253 e. The number of thiophene rings is 1. The summed E-state index contributed by atoms with van der Waals surface area (Å²) in [5, 5.41) is 7.94. The molecule has 3 aromatic rings. The first-order valence-electron chi connectivity index (χ1n) is 6.34. The minimum Gasteiger partial charge on any atom is -0.399 e. The Hall–Kier alpha value is -2.27. The Kier molecular flexibility index (Phi) is 3.20. The molecule has 0 aliphatic rings. The zero-order chi connectivity index (χ0) is 14.1. The monoisotopic (exact) mass is 285 g/mol. The number of H-pyrrole nitrogens is 1. The van der Waals surface area contributed by atoms with Crippen molar-refractivity contribution >= 4 is 33.8 Å². The number of nitrogen functional groups attached to an aromatic ring is 1. The molecule has 1 aromatic carbocycles. The van der Waals surface area contributed by atoms with E-state index in [1.807, 2.05) is 35.9 Å². The molecule has 0 saturated heterocycles. The number of anilines is 1. The van der Waals surface area contributed by atoms with E-state index in [4.69, 9.17) is 5.73 Å². The van der Waals surface area contributed by atoms with Crippen LogP contribution in [0.4, 0.5) is 5.69 Å². The number of nitrogens with one attached hydrogen (secondary N) is 2. The van der Waals surface area contributed by atoms with Crippen molar-refractivity contribution in [1.82, 2.24) is 10.3 Å². The number of carbonyl (C=O) groups excluding carboxylic acids is 1. The van der Waals surface area contributed by atoms with E-state index in [-0.39, 0.29) is 11.9 Å². The van der Waals surface area contributed by atoms with Gasteiger partial charge in [-0.2, -0.15) is 11.3 Å². The van der Waals surface area contributed by atoms with E-state index in [1.165, 1.54) is 0 Å². The summed E-state index contributed by atoms with van der Waals surface area (Å²) in [6.45, 7) is 1.98. The Morgan fingerprint density at radius 1 is 1.40 bits per heavy atom. The Morgan fingerprint density at radius 2 is 2.25 bits per heavy atom. The third-order valence-electron chi connectivity index (χ3n) is 3.34. The molecule has 5 heteroatoms. The highest BCUT2D eigenvalue weighted by Gasteiger charge is 2.15. The second kappa shape index (κ2) is 5.02. The molecule has 0 bridgehead atoms. The van der Waals surface area contributed by atoms with Gasteiger partial charge < -0.3 is 16.0 Å². The summed E-state index contributed by atoms with van der Waals surface area (Å²) < 4.78 is 0. The number of nitrogens with two attached hydrogens (primary N) is 1. The molecular weight excluding hydrogens is 270 g/mol. The largest absolute Gasteiger partial charge is 0.399 e. The van der Waals surface area contributed by atoms with Crippen LogP contribution in [0, 0.1) is 0 Å². The van der Waals surface area contributed by atoms with Gasteiger partial charge in [0.05, 0.1) is 11.6 Å². The van der Waals surface area contributed by atoms with E-state index in [0.717, 1.165) is 16.5 Å². The Bertz CT molecular complexity index is 746. The van der Waals surface area contributed by atoms with E-state index in [2.05, 4.69) is 10.3 Å². The molecule has 1 atom stereocenters. The SMILES string of the molecule is CC(NC(=O)c1c[nH]c2cc(N)ccc12)c1ccsc1. The van der Waals surface area contributed by atoms with Gasteiger partial charge in [-0.3, -0.25) is 4.79 Å². The number of fused-ring (bicyclic) bond motifs is 1. The highest BCUT2D eigenvalue weighted by atomic mass is 32.1. The van der Waals surface area contributed by atoms with Crippen LogP contribution in [0.15, 0.2) is 41.2 Å². The van der Waals surface area contributed by atoms with Gasteiger partial charge in [0.25, 0.3) is 5.91 Å². The molecule has 4 N–H and O–H groups in total. The number of aromatic nitrogens is 1. The third-order valence-corrected chi connectivity index (χ3v) is 4.04. The van der Waals surface area contributed by atoms with E-state index in [9.17, 15) is 4.79 Å². The second-order valence-corrected chi connectivity index (χ2v) is 5.54. The van der Waals surface area contributed by atoms with Crippen LogP contribution in [0.2, 0.25) is 0 Å². The molecule has 0 fully saturated rings. The lowest BCUT2D eigenvalue weighted by Gasteiger charge is -2.12. The fourth-order valence-corrected chi connectivity index (χ4v) is 2.96. The number of hydrogen-bond donors (Lipinski definition) is 3. The molecule has 0 radical (unpaired) electrons. The maximum absolute atomic E-state index is 12.4. The third kappa shape index (κ3) is 2.28. The number of hydrogen-bond acceptors (Lipinski definition) is 3. The fourth-order valence-electron chi connectivity index (χ4n) is 2.21. The Morgan fingerprint density at radius 3 is 3.00 bits per heavy atom. The van der Waals surface area contributed by atoms with Crippen LogP contribution < -0.4 is 11.1 Å². The summed E-state index contributed by atoms with van der Waals surface area (Å²) >= 11 is 1.63. The van der Waals surface area contributed by atoms with E-state index < -0.39 is 0 Å². The minimum atomic E-state index is -0.0836. The number of amides is 1. The summed E-state index contributed by atoms with van der Waals surface area (Å²) in [4.78, 5) is 15.4. The molecule has 0 aliphatic heterocycles. The van der Waals surface area contributed by atoms with Crippen molar-refractivity contribution in [2.75, 3.05) is 5.73 Å². The molecule has 102 valence electrons. The normalized spacial score (nSPS) is 12.4. The number of benzene rings is 1. The van der Waals surface area contributed by atoms with Gasteiger partial charge in [-0.15, -0.1) is 0 Å². The van der Waals surface area contributed by atoms with Gasteiger partial charge in [-0.05, 0) is 47.5 Å². The van der Waals surface area contributed by atoms with E-state index in [0.29, 0.717) is 11.3 Å². The van der Waals surface area contributed by atoms with Gasteiger partial charge in [0.1, 0.15) is 0 Å². The van der Waals surface area contributed by atoms with E-state index >= 15 is 0 Å². The molecule has 1 unspecified atom stereocenters. The number of aromatic amines is 1. The summed E-state index contributed by atoms with van der Waals surface area (Å²) in [6, 6.07) is 7.51. The van der Waals surface area contributed by atoms with Crippen LogP contribution in [0.3, 0.4) is 0 Å². The van der Waals surface area contributed by atoms with Gasteiger partial charge in [0.15, 0.2) is 0 Å². The number of carbonyl (C=O) groups is 1. The Balaban J connectivity index is 1.86. The lowest BCUT2D eigenvalue weighted by atomic mass is 10.1. The lowest BCUT2D eigenvalue weighted by Crippen LogP contribution is -2.26. The van der Waals surface area contributed by atoms with Crippen LogP contribution in [0.1, 0.15) is 28.9 Å². The zero-order valence-corrected chi connectivity index (χ0v) is 11.8. The first kappa shape index (κ1) is 12.7. The van der Waals surface area contributed by atoms with Gasteiger partial charge in [-0.1, -0.05) is 0 Å². The number of rotatable bonds is 3. The average Bonchev–Trinajstić information content (AvgIpc) is 3.07. The summed E-state index contributed by atoms with van der Waals surface area (Å²) in [5.41, 5.74) is 9.05. The predicted octanol–water partition coefficient (Wildman–Crippen LogP) is 3.30. The maximum Gasteiger partial charge on any atom is 0.253 e. The minimum absolute atomic E-state index is 0.00696. The molecule has 0 saturated carbocycles. The molecule has 4 nitrogen and oxygen atoms in total. The fraction of sp³-hybridized carbons (Fsp3) is 0.133. The topological polar surface area (TPSA) is 70.9 Å². The van der Waals surface area contributed by atoms with Crippen molar-refractivity contribution in [3.63, 3.8) is 0 Å². The van der Waals surface area contributed by atoms with Crippen LogP contribution in [0.25, 0.3) is 10.9 Å². The van der Waals surface area contributed by atoms with Crippen molar-refractivity contribution in [3.05, 3.63) is 52.3 Å². The van der Waals surface area contributed by atoms with Crippen molar-refractivity contribution in [1.29, 1.82) is 0 Å². The molecule has 20 heavy (non-hydrogen) atoms. The molecule has 0 spiro atoms. The molecule has 3 rings (SSSR count). The highest BCUT2D eigenvalue weighted by molar-refractivity contribution is 7.07. The van der Waals surface area contributed by atoms with Crippen molar-refractivity contribution in [2.24, 2.45) is 0 Å². The zero-order valence-electron chi connectivity index (χ0n) is 11.0. The van der Waals surface area contributed by atoms with Crippen molar-refractivity contribution in [2.45, 2.75) is 13.0 Å². The molecular formula is C15H15N3OS. The predicted molar refractivity (Wildman–Crippen MR) is 82.9 cm³/mol. The Labute approximate surface area is 120 Å². The molecule has 2 aromatic heterocycles. The lowest BCUT2D eigenvalue weighted by molar-refractivity contribution is 0.0941. The van der Waals surface area contributed by atoms with Crippen LogP contribution in [0.5, 0.6) is 0 Å². The van der Waals surface area contributed by atoms with Gasteiger partial charge in [0, 0.05) is 22.8 Å². The van der Waals surface area contributed by atoms with Crippen molar-refractivity contribution < 1.29 is 4.79 Å². The highest BCUT2D eigenvalue weighted by Crippen LogP contribution is 2.22. The molecule has 2 heterocycles. The standard InChI is InChI=1S/C15H15N3OS/c1-9(10-4-5-20-8-10)18-15(19)13-7-17-14-6-11(16)2-3-12(13)14/h2-9,17H,16H2,1H3,(H,18,19). The van der Waals surface area contributed by atoms with Crippen LogP contribution in [-0.4, -0.2) is 10.9 Å².